The second kappa shape index (κ2) is 5.49. The van der Waals surface area contributed by atoms with Crippen LogP contribution < -0.4 is 10.1 Å². The third-order valence-corrected chi connectivity index (χ3v) is 5.69. The SMILES string of the molecule is C=CC(C)(C)[C@@]1(c2c[nH]c3ccc(OC)cc23)C(=O)Nc2ccccc21. The Morgan fingerprint density at radius 3 is 2.65 bits per heavy atom. The van der Waals surface area contributed by atoms with Crippen molar-refractivity contribution in [1.82, 2.24) is 4.98 Å². The van der Waals surface area contributed by atoms with Crippen molar-refractivity contribution in [3.8, 4) is 5.75 Å². The van der Waals surface area contributed by atoms with E-state index in [0.717, 1.165) is 33.5 Å². The quantitative estimate of drug-likeness (QED) is 0.677. The van der Waals surface area contributed by atoms with Crippen LogP contribution in [-0.4, -0.2) is 18.0 Å². The van der Waals surface area contributed by atoms with Gasteiger partial charge < -0.3 is 15.0 Å². The fourth-order valence-corrected chi connectivity index (χ4v) is 4.20. The first-order valence-electron chi connectivity index (χ1n) is 8.66. The van der Waals surface area contributed by atoms with Crippen molar-refractivity contribution in [3.63, 3.8) is 0 Å². The highest BCUT2D eigenvalue weighted by Gasteiger charge is 2.57. The van der Waals surface area contributed by atoms with E-state index in [2.05, 4.69) is 30.7 Å². The van der Waals surface area contributed by atoms with E-state index in [4.69, 9.17) is 4.74 Å². The molecule has 3 aromatic rings. The number of aromatic amines is 1. The number of carbonyl (C=O) groups is 1. The first-order valence-corrected chi connectivity index (χ1v) is 8.66. The number of amides is 1. The average Bonchev–Trinajstić information content (AvgIpc) is 3.19. The molecule has 2 N–H and O–H groups in total. The van der Waals surface area contributed by atoms with Crippen LogP contribution in [0, 0.1) is 5.41 Å². The summed E-state index contributed by atoms with van der Waals surface area (Å²) < 4.78 is 5.42. The molecule has 0 fully saturated rings. The summed E-state index contributed by atoms with van der Waals surface area (Å²) in [5.74, 6) is 0.726. The molecule has 1 aliphatic heterocycles. The Kier molecular flexibility index (Phi) is 3.48. The molecule has 132 valence electrons. The van der Waals surface area contributed by atoms with Crippen LogP contribution in [0.4, 0.5) is 5.69 Å². The van der Waals surface area contributed by atoms with E-state index in [1.807, 2.05) is 54.7 Å². The number of rotatable bonds is 4. The molecule has 0 spiro atoms. The molecule has 2 aromatic carbocycles. The van der Waals surface area contributed by atoms with Gasteiger partial charge in [-0.2, -0.15) is 0 Å². The summed E-state index contributed by atoms with van der Waals surface area (Å²) in [7, 11) is 1.65. The van der Waals surface area contributed by atoms with Crippen molar-refractivity contribution in [2.24, 2.45) is 5.41 Å². The first-order chi connectivity index (χ1) is 12.5. The van der Waals surface area contributed by atoms with E-state index >= 15 is 0 Å². The van der Waals surface area contributed by atoms with Crippen molar-refractivity contribution >= 4 is 22.5 Å². The zero-order valence-corrected chi connectivity index (χ0v) is 15.2. The predicted molar refractivity (Wildman–Crippen MR) is 105 cm³/mol. The number of hydrogen-bond donors (Lipinski definition) is 2. The van der Waals surface area contributed by atoms with Gasteiger partial charge in [0.2, 0.25) is 5.91 Å². The molecule has 4 nitrogen and oxygen atoms in total. The van der Waals surface area contributed by atoms with Crippen molar-refractivity contribution in [1.29, 1.82) is 0 Å². The highest BCUT2D eigenvalue weighted by atomic mass is 16.5. The van der Waals surface area contributed by atoms with E-state index in [9.17, 15) is 4.79 Å². The number of ether oxygens (including phenoxy) is 1. The molecule has 0 bridgehead atoms. The number of allylic oxidation sites excluding steroid dienone is 1. The van der Waals surface area contributed by atoms with Gasteiger partial charge >= 0.3 is 0 Å². The van der Waals surface area contributed by atoms with Crippen LogP contribution in [0.5, 0.6) is 5.75 Å². The summed E-state index contributed by atoms with van der Waals surface area (Å²) in [6.07, 6.45) is 3.81. The molecule has 0 aliphatic carbocycles. The maximum absolute atomic E-state index is 13.5. The molecule has 1 aromatic heterocycles. The van der Waals surface area contributed by atoms with Gasteiger partial charge in [0.05, 0.1) is 7.11 Å². The summed E-state index contributed by atoms with van der Waals surface area (Å²) >= 11 is 0. The number of nitrogens with one attached hydrogen (secondary N) is 2. The van der Waals surface area contributed by atoms with Gasteiger partial charge in [0, 0.05) is 28.2 Å². The van der Waals surface area contributed by atoms with E-state index in [-0.39, 0.29) is 5.91 Å². The molecule has 0 radical (unpaired) electrons. The Labute approximate surface area is 152 Å². The Balaban J connectivity index is 2.13. The number of anilines is 1. The van der Waals surface area contributed by atoms with Crippen molar-refractivity contribution in [3.05, 3.63) is 72.4 Å². The monoisotopic (exact) mass is 346 g/mol. The minimum Gasteiger partial charge on any atom is -0.497 e. The molecule has 2 heterocycles. The van der Waals surface area contributed by atoms with E-state index < -0.39 is 10.8 Å². The molecule has 1 atom stereocenters. The Morgan fingerprint density at radius 1 is 1.15 bits per heavy atom. The van der Waals surface area contributed by atoms with Crippen LogP contribution in [0.3, 0.4) is 0 Å². The number of hydrogen-bond acceptors (Lipinski definition) is 2. The van der Waals surface area contributed by atoms with Crippen LogP contribution in [-0.2, 0) is 10.2 Å². The van der Waals surface area contributed by atoms with Gasteiger partial charge in [-0.1, -0.05) is 38.1 Å². The molecule has 4 heteroatoms. The third-order valence-electron chi connectivity index (χ3n) is 5.69. The Hall–Kier alpha value is -3.01. The summed E-state index contributed by atoms with van der Waals surface area (Å²) in [5, 5.41) is 4.06. The normalized spacial score (nSPS) is 19.3. The number of fused-ring (bicyclic) bond motifs is 2. The van der Waals surface area contributed by atoms with Crippen LogP contribution >= 0.6 is 0 Å². The Bertz CT molecular complexity index is 1030. The first kappa shape index (κ1) is 16.5. The number of aromatic nitrogens is 1. The van der Waals surface area contributed by atoms with E-state index in [1.165, 1.54) is 0 Å². The largest absolute Gasteiger partial charge is 0.497 e. The van der Waals surface area contributed by atoms with Crippen LogP contribution in [0.15, 0.2) is 61.3 Å². The lowest BCUT2D eigenvalue weighted by Crippen LogP contribution is -2.47. The summed E-state index contributed by atoms with van der Waals surface area (Å²) in [5.41, 5.74) is 2.33. The van der Waals surface area contributed by atoms with Crippen LogP contribution in [0.1, 0.15) is 25.0 Å². The lowest BCUT2D eigenvalue weighted by atomic mass is 9.58. The molecule has 0 unspecified atom stereocenters. The number of benzene rings is 2. The van der Waals surface area contributed by atoms with Gasteiger partial charge in [0.15, 0.2) is 0 Å². The van der Waals surface area contributed by atoms with Gasteiger partial charge in [-0.05, 0) is 35.4 Å². The predicted octanol–water partition coefficient (Wildman–Crippen LogP) is 4.63. The number of methoxy groups -OCH3 is 1. The molecule has 0 saturated carbocycles. The van der Waals surface area contributed by atoms with Gasteiger partial charge in [-0.15, -0.1) is 6.58 Å². The average molecular weight is 346 g/mol. The summed E-state index contributed by atoms with van der Waals surface area (Å²) in [4.78, 5) is 16.8. The molecule has 26 heavy (non-hydrogen) atoms. The maximum Gasteiger partial charge on any atom is 0.240 e. The molecule has 4 rings (SSSR count). The smallest absolute Gasteiger partial charge is 0.240 e. The van der Waals surface area contributed by atoms with Gasteiger partial charge in [0.1, 0.15) is 11.2 Å². The molecule has 1 amide bonds. The minimum atomic E-state index is -0.879. The zero-order valence-electron chi connectivity index (χ0n) is 15.2. The Morgan fingerprint density at radius 2 is 1.92 bits per heavy atom. The zero-order chi connectivity index (χ0) is 18.5. The highest BCUT2D eigenvalue weighted by molar-refractivity contribution is 6.12. The topological polar surface area (TPSA) is 54.1 Å². The summed E-state index contributed by atoms with van der Waals surface area (Å²) in [6, 6.07) is 13.8. The fraction of sp³-hybridized carbons (Fsp3) is 0.227. The third kappa shape index (κ3) is 1.93. The van der Waals surface area contributed by atoms with Crippen molar-refractivity contribution in [2.45, 2.75) is 19.3 Å². The van der Waals surface area contributed by atoms with Gasteiger partial charge in [0.25, 0.3) is 0 Å². The number of carbonyl (C=O) groups excluding carboxylic acids is 1. The van der Waals surface area contributed by atoms with Gasteiger partial charge in [-0.3, -0.25) is 4.79 Å². The lowest BCUT2D eigenvalue weighted by molar-refractivity contribution is -0.122. The van der Waals surface area contributed by atoms with Crippen LogP contribution in [0.25, 0.3) is 10.9 Å². The minimum absolute atomic E-state index is 0.0349. The van der Waals surface area contributed by atoms with Crippen LogP contribution in [0.2, 0.25) is 0 Å². The number of para-hydroxylation sites is 1. The van der Waals surface area contributed by atoms with E-state index in [1.54, 1.807) is 7.11 Å². The maximum atomic E-state index is 13.5. The molecular formula is C22H22N2O2. The highest BCUT2D eigenvalue weighted by Crippen LogP contribution is 2.55. The van der Waals surface area contributed by atoms with E-state index in [0.29, 0.717) is 0 Å². The van der Waals surface area contributed by atoms with Crippen molar-refractivity contribution < 1.29 is 9.53 Å². The second-order valence-electron chi connectivity index (χ2n) is 7.29. The molecular weight excluding hydrogens is 324 g/mol. The molecule has 0 saturated heterocycles. The fourth-order valence-electron chi connectivity index (χ4n) is 4.20. The van der Waals surface area contributed by atoms with Gasteiger partial charge in [-0.25, -0.2) is 0 Å². The lowest BCUT2D eigenvalue weighted by Gasteiger charge is -2.40. The second-order valence-corrected chi connectivity index (χ2v) is 7.29. The summed E-state index contributed by atoms with van der Waals surface area (Å²) in [6.45, 7) is 8.15. The molecule has 1 aliphatic rings. The standard InChI is InChI=1S/C22H22N2O2/c1-5-21(2,3)22(16-8-6-7-9-19(16)24-20(22)25)17-13-23-18-11-10-14(26-4)12-15(17)18/h5-13,23H,1H2,2-4H3,(H,24,25)/t22-/m0/s1. The van der Waals surface area contributed by atoms with Crippen molar-refractivity contribution in [2.75, 3.05) is 12.4 Å². The number of H-pyrrole nitrogens is 1.